The van der Waals surface area contributed by atoms with E-state index in [1.165, 1.54) is 19.3 Å². The number of piperidine rings is 1. The molecule has 0 aromatic carbocycles. The van der Waals surface area contributed by atoms with Crippen LogP contribution in [0.2, 0.25) is 0 Å². The van der Waals surface area contributed by atoms with Crippen molar-refractivity contribution in [3.8, 4) is 17.7 Å². The Morgan fingerprint density at radius 3 is 2.65 bits per heavy atom. The first-order valence-electron chi connectivity index (χ1n) is 8.81. The average Bonchev–Trinajstić information content (AvgIpc) is 3.44. The fourth-order valence-electron chi connectivity index (χ4n) is 3.33. The molecule has 1 atom stereocenters. The minimum absolute atomic E-state index is 0.0778. The predicted octanol–water partition coefficient (Wildman–Crippen LogP) is 4.04. The Kier molecular flexibility index (Phi) is 4.75. The summed E-state index contributed by atoms with van der Waals surface area (Å²) in [6.45, 7) is 2.63. The molecule has 3 aromatic rings. The summed E-state index contributed by atoms with van der Waals surface area (Å²) in [5.74, 6) is 2.05. The Balaban J connectivity index is 1.53. The summed E-state index contributed by atoms with van der Waals surface area (Å²) < 4.78 is 16.7. The summed E-state index contributed by atoms with van der Waals surface area (Å²) in [7, 11) is 0. The SMILES string of the molecule is N#Cc1nc(-c2ccco2)oc1NCC(c1ccco1)N1CCCCC1. The second-order valence-electron chi connectivity index (χ2n) is 6.29. The number of oxazole rings is 1. The normalized spacial score (nSPS) is 16.3. The number of hydrogen-bond acceptors (Lipinski definition) is 7. The van der Waals surface area contributed by atoms with E-state index in [1.807, 2.05) is 12.1 Å². The molecular weight excluding hydrogens is 332 g/mol. The topological polar surface area (TPSA) is 91.4 Å². The van der Waals surface area contributed by atoms with Crippen molar-refractivity contribution in [1.82, 2.24) is 9.88 Å². The van der Waals surface area contributed by atoms with Crippen LogP contribution in [0.3, 0.4) is 0 Å². The van der Waals surface area contributed by atoms with Crippen LogP contribution in [0.4, 0.5) is 5.88 Å². The van der Waals surface area contributed by atoms with E-state index in [4.69, 9.17) is 13.3 Å². The van der Waals surface area contributed by atoms with Crippen molar-refractivity contribution in [2.75, 3.05) is 25.0 Å². The summed E-state index contributed by atoms with van der Waals surface area (Å²) in [4.78, 5) is 6.61. The van der Waals surface area contributed by atoms with E-state index in [1.54, 1.807) is 24.7 Å². The zero-order chi connectivity index (χ0) is 17.8. The van der Waals surface area contributed by atoms with Crippen LogP contribution in [0, 0.1) is 11.3 Å². The zero-order valence-corrected chi connectivity index (χ0v) is 14.4. The summed E-state index contributed by atoms with van der Waals surface area (Å²) >= 11 is 0. The molecule has 26 heavy (non-hydrogen) atoms. The third kappa shape index (κ3) is 3.37. The van der Waals surface area contributed by atoms with Gasteiger partial charge < -0.3 is 18.6 Å². The van der Waals surface area contributed by atoms with Crippen molar-refractivity contribution in [1.29, 1.82) is 5.26 Å². The van der Waals surface area contributed by atoms with Gasteiger partial charge in [0.25, 0.3) is 5.89 Å². The molecule has 1 fully saturated rings. The molecule has 0 radical (unpaired) electrons. The van der Waals surface area contributed by atoms with Crippen molar-refractivity contribution in [2.24, 2.45) is 0 Å². The van der Waals surface area contributed by atoms with E-state index in [0.717, 1.165) is 18.8 Å². The van der Waals surface area contributed by atoms with Gasteiger partial charge in [0.2, 0.25) is 11.6 Å². The Morgan fingerprint density at radius 2 is 1.96 bits per heavy atom. The van der Waals surface area contributed by atoms with Gasteiger partial charge in [-0.3, -0.25) is 4.90 Å². The minimum atomic E-state index is 0.0778. The minimum Gasteiger partial charge on any atom is -0.468 e. The number of hydrogen-bond donors (Lipinski definition) is 1. The van der Waals surface area contributed by atoms with Crippen LogP contribution in [-0.4, -0.2) is 29.5 Å². The standard InChI is InChI=1S/C19H20N4O3/c20-12-14-18(26-19(22-14)17-7-5-11-25-17)21-13-15(16-6-4-10-24-16)23-8-2-1-3-9-23/h4-7,10-11,15,21H,1-3,8-9,13H2. The van der Waals surface area contributed by atoms with Gasteiger partial charge in [0, 0.05) is 6.54 Å². The highest BCUT2D eigenvalue weighted by Crippen LogP contribution is 2.29. The van der Waals surface area contributed by atoms with E-state index in [0.29, 0.717) is 24.1 Å². The predicted molar refractivity (Wildman–Crippen MR) is 94.3 cm³/mol. The van der Waals surface area contributed by atoms with Crippen LogP contribution in [0.25, 0.3) is 11.7 Å². The fraction of sp³-hybridized carbons (Fsp3) is 0.368. The molecular formula is C19H20N4O3. The number of nitrogens with one attached hydrogen (secondary N) is 1. The molecule has 4 heterocycles. The Labute approximate surface area is 151 Å². The number of nitriles is 1. The van der Waals surface area contributed by atoms with Crippen LogP contribution >= 0.6 is 0 Å². The van der Waals surface area contributed by atoms with Crippen molar-refractivity contribution >= 4 is 5.88 Å². The molecule has 7 heteroatoms. The first-order chi connectivity index (χ1) is 12.8. The third-order valence-corrected chi connectivity index (χ3v) is 4.62. The highest BCUT2D eigenvalue weighted by atomic mass is 16.4. The van der Waals surface area contributed by atoms with Crippen LogP contribution in [0.15, 0.2) is 50.0 Å². The summed E-state index contributed by atoms with van der Waals surface area (Å²) in [6.07, 6.45) is 6.87. The Hall–Kier alpha value is -2.98. The molecule has 1 saturated heterocycles. The lowest BCUT2D eigenvalue weighted by Crippen LogP contribution is -2.37. The Morgan fingerprint density at radius 1 is 1.15 bits per heavy atom. The summed E-state index contributed by atoms with van der Waals surface area (Å²) in [5.41, 5.74) is 0.216. The highest BCUT2D eigenvalue weighted by Gasteiger charge is 2.25. The van der Waals surface area contributed by atoms with Crippen LogP contribution in [-0.2, 0) is 0 Å². The van der Waals surface area contributed by atoms with Gasteiger partial charge >= 0.3 is 0 Å². The molecule has 1 aliphatic heterocycles. The maximum atomic E-state index is 9.36. The fourth-order valence-corrected chi connectivity index (χ4v) is 3.33. The van der Waals surface area contributed by atoms with Gasteiger partial charge in [-0.2, -0.15) is 10.2 Å². The lowest BCUT2D eigenvalue weighted by atomic mass is 10.1. The zero-order valence-electron chi connectivity index (χ0n) is 14.4. The molecule has 0 spiro atoms. The largest absolute Gasteiger partial charge is 0.468 e. The van der Waals surface area contributed by atoms with Crippen LogP contribution in [0.1, 0.15) is 36.8 Å². The first kappa shape index (κ1) is 16.5. The summed E-state index contributed by atoms with van der Waals surface area (Å²) in [5, 5.41) is 12.6. The molecule has 134 valence electrons. The number of aromatic nitrogens is 1. The molecule has 0 bridgehead atoms. The summed E-state index contributed by atoms with van der Waals surface area (Å²) in [6, 6.07) is 9.53. The van der Waals surface area contributed by atoms with E-state index in [-0.39, 0.29) is 11.7 Å². The Bertz CT molecular complexity index is 855. The van der Waals surface area contributed by atoms with Gasteiger partial charge in [-0.25, -0.2) is 0 Å². The van der Waals surface area contributed by atoms with Crippen molar-refractivity contribution in [2.45, 2.75) is 25.3 Å². The molecule has 0 aliphatic carbocycles. The monoisotopic (exact) mass is 352 g/mol. The quantitative estimate of drug-likeness (QED) is 0.716. The number of likely N-dealkylation sites (tertiary alicyclic amines) is 1. The van der Waals surface area contributed by atoms with Gasteiger partial charge in [0.1, 0.15) is 11.8 Å². The molecule has 3 aromatic heterocycles. The van der Waals surface area contributed by atoms with Gasteiger partial charge in [-0.15, -0.1) is 0 Å². The lowest BCUT2D eigenvalue weighted by Gasteiger charge is -2.33. The number of rotatable bonds is 6. The van der Waals surface area contributed by atoms with E-state index in [2.05, 4.69) is 21.3 Å². The second-order valence-corrected chi connectivity index (χ2v) is 6.29. The van der Waals surface area contributed by atoms with Crippen molar-refractivity contribution in [3.63, 3.8) is 0 Å². The van der Waals surface area contributed by atoms with Crippen molar-refractivity contribution < 1.29 is 13.3 Å². The molecule has 0 amide bonds. The molecule has 1 aliphatic rings. The molecule has 1 N–H and O–H groups in total. The molecule has 0 saturated carbocycles. The van der Waals surface area contributed by atoms with E-state index < -0.39 is 0 Å². The average molecular weight is 352 g/mol. The van der Waals surface area contributed by atoms with E-state index >= 15 is 0 Å². The van der Waals surface area contributed by atoms with Crippen LogP contribution in [0.5, 0.6) is 0 Å². The van der Waals surface area contributed by atoms with Gasteiger partial charge in [-0.05, 0) is 50.2 Å². The number of nitrogens with zero attached hydrogens (tertiary/aromatic N) is 3. The molecule has 1 unspecified atom stereocenters. The van der Waals surface area contributed by atoms with Gasteiger partial charge in [0.05, 0.1) is 18.6 Å². The lowest BCUT2D eigenvalue weighted by molar-refractivity contribution is 0.152. The maximum absolute atomic E-state index is 9.36. The smallest absolute Gasteiger partial charge is 0.266 e. The van der Waals surface area contributed by atoms with Crippen molar-refractivity contribution in [3.05, 3.63) is 48.2 Å². The van der Waals surface area contributed by atoms with Crippen LogP contribution < -0.4 is 5.32 Å². The number of anilines is 1. The van der Waals surface area contributed by atoms with Gasteiger partial charge in [0.15, 0.2) is 5.76 Å². The highest BCUT2D eigenvalue weighted by molar-refractivity contribution is 5.54. The molecule has 7 nitrogen and oxygen atoms in total. The second kappa shape index (κ2) is 7.50. The first-order valence-corrected chi connectivity index (χ1v) is 8.81. The maximum Gasteiger partial charge on any atom is 0.266 e. The molecule has 4 rings (SSSR count). The third-order valence-electron chi connectivity index (χ3n) is 4.62. The van der Waals surface area contributed by atoms with Gasteiger partial charge in [-0.1, -0.05) is 6.42 Å². The van der Waals surface area contributed by atoms with E-state index in [9.17, 15) is 5.26 Å². The number of furan rings is 2.